The summed E-state index contributed by atoms with van der Waals surface area (Å²) in [5, 5.41) is 6.01. The van der Waals surface area contributed by atoms with Crippen molar-refractivity contribution in [3.8, 4) is 0 Å². The number of furan rings is 1. The van der Waals surface area contributed by atoms with Crippen molar-refractivity contribution in [1.29, 1.82) is 0 Å². The molecule has 0 atom stereocenters. The zero-order valence-electron chi connectivity index (χ0n) is 13.9. The molecule has 0 aliphatic rings. The number of hydrogen-bond donors (Lipinski definition) is 2. The van der Waals surface area contributed by atoms with E-state index >= 15 is 0 Å². The average Bonchev–Trinajstić information content (AvgIpc) is 3.10. The lowest BCUT2D eigenvalue weighted by Gasteiger charge is -2.22. The summed E-state index contributed by atoms with van der Waals surface area (Å²) >= 11 is 0. The van der Waals surface area contributed by atoms with Gasteiger partial charge in [-0.25, -0.2) is 0 Å². The first-order chi connectivity index (χ1) is 11.2. The van der Waals surface area contributed by atoms with Gasteiger partial charge in [-0.05, 0) is 17.7 Å². The highest BCUT2D eigenvalue weighted by Crippen LogP contribution is 2.02. The lowest BCUT2D eigenvalue weighted by molar-refractivity contribution is 0.0926. The molecule has 0 unspecified atom stereocenters. The molecule has 1 amide bonds. The molecule has 6 nitrogen and oxygen atoms in total. The van der Waals surface area contributed by atoms with Crippen LogP contribution < -0.4 is 10.6 Å². The molecule has 0 bridgehead atoms. The summed E-state index contributed by atoms with van der Waals surface area (Å²) in [4.78, 5) is 18.0. The van der Waals surface area contributed by atoms with Crippen LogP contribution >= 0.6 is 24.0 Å². The average molecular weight is 442 g/mol. The summed E-state index contributed by atoms with van der Waals surface area (Å²) in [5.74, 6) is 0.876. The van der Waals surface area contributed by atoms with Gasteiger partial charge in [0.05, 0.1) is 6.26 Å². The molecule has 1 heterocycles. The predicted molar refractivity (Wildman–Crippen MR) is 106 cm³/mol. The number of rotatable bonds is 6. The molecule has 1 aromatic carbocycles. The molecule has 2 rings (SSSR count). The van der Waals surface area contributed by atoms with Crippen LogP contribution in [0.1, 0.15) is 16.1 Å². The molecular weight excluding hydrogens is 419 g/mol. The molecule has 24 heavy (non-hydrogen) atoms. The van der Waals surface area contributed by atoms with Crippen LogP contribution in [-0.2, 0) is 6.54 Å². The van der Waals surface area contributed by atoms with Crippen molar-refractivity contribution in [3.05, 3.63) is 60.1 Å². The summed E-state index contributed by atoms with van der Waals surface area (Å²) < 4.78 is 5.03. The third-order valence-electron chi connectivity index (χ3n) is 3.27. The summed E-state index contributed by atoms with van der Waals surface area (Å²) in [6.45, 7) is 1.83. The van der Waals surface area contributed by atoms with Gasteiger partial charge in [0.15, 0.2) is 11.7 Å². The van der Waals surface area contributed by atoms with Gasteiger partial charge in [-0.2, -0.15) is 0 Å². The Morgan fingerprint density at radius 3 is 2.46 bits per heavy atom. The van der Waals surface area contributed by atoms with Gasteiger partial charge in [-0.1, -0.05) is 30.3 Å². The van der Waals surface area contributed by atoms with E-state index in [2.05, 4.69) is 27.8 Å². The second-order valence-corrected chi connectivity index (χ2v) is 5.05. The maximum Gasteiger partial charge on any atom is 0.287 e. The van der Waals surface area contributed by atoms with Crippen LogP contribution in [0.25, 0.3) is 0 Å². The third-order valence-corrected chi connectivity index (χ3v) is 3.27. The molecule has 7 heteroatoms. The summed E-state index contributed by atoms with van der Waals surface area (Å²) in [7, 11) is 3.72. The van der Waals surface area contributed by atoms with Gasteiger partial charge in [0.2, 0.25) is 0 Å². The SMILES string of the molecule is CN=C(NCCNC(=O)c1ccco1)N(C)Cc1ccccc1.I. The van der Waals surface area contributed by atoms with Crippen LogP contribution in [0.5, 0.6) is 0 Å². The van der Waals surface area contributed by atoms with E-state index in [0.29, 0.717) is 18.8 Å². The van der Waals surface area contributed by atoms with Gasteiger partial charge in [0.25, 0.3) is 5.91 Å². The van der Waals surface area contributed by atoms with E-state index in [-0.39, 0.29) is 29.9 Å². The normalized spacial score (nSPS) is 10.7. The van der Waals surface area contributed by atoms with Crippen LogP contribution in [0.3, 0.4) is 0 Å². The van der Waals surface area contributed by atoms with Crippen molar-refractivity contribution in [2.24, 2.45) is 4.99 Å². The standard InChI is InChI=1S/C17H22N4O2.HI/c1-18-17(21(2)13-14-7-4-3-5-8-14)20-11-10-19-16(22)15-9-6-12-23-15;/h3-9,12H,10-11,13H2,1-2H3,(H,18,20)(H,19,22);1H. The Morgan fingerprint density at radius 2 is 1.83 bits per heavy atom. The van der Waals surface area contributed by atoms with E-state index < -0.39 is 0 Å². The van der Waals surface area contributed by atoms with Gasteiger partial charge >= 0.3 is 0 Å². The number of benzene rings is 1. The van der Waals surface area contributed by atoms with Crippen molar-refractivity contribution >= 4 is 35.8 Å². The number of carbonyl (C=O) groups excluding carboxylic acids is 1. The highest BCUT2D eigenvalue weighted by atomic mass is 127. The number of nitrogens with zero attached hydrogens (tertiary/aromatic N) is 2. The minimum absolute atomic E-state index is 0. The molecule has 0 saturated heterocycles. The zero-order valence-corrected chi connectivity index (χ0v) is 16.2. The number of aliphatic imine (C=N–C) groups is 1. The second-order valence-electron chi connectivity index (χ2n) is 5.05. The predicted octanol–water partition coefficient (Wildman–Crippen LogP) is 2.33. The van der Waals surface area contributed by atoms with Crippen LogP contribution in [0, 0.1) is 0 Å². The van der Waals surface area contributed by atoms with Gasteiger partial charge in [-0.15, -0.1) is 24.0 Å². The molecular formula is C17H23IN4O2. The van der Waals surface area contributed by atoms with E-state index in [9.17, 15) is 4.79 Å². The minimum Gasteiger partial charge on any atom is -0.459 e. The number of halogens is 1. The Hall–Kier alpha value is -2.03. The van der Waals surface area contributed by atoms with Crippen LogP contribution in [0.4, 0.5) is 0 Å². The van der Waals surface area contributed by atoms with E-state index in [1.807, 2.05) is 30.1 Å². The molecule has 2 N–H and O–H groups in total. The van der Waals surface area contributed by atoms with Crippen molar-refractivity contribution < 1.29 is 9.21 Å². The number of hydrogen-bond acceptors (Lipinski definition) is 3. The van der Waals surface area contributed by atoms with Crippen molar-refractivity contribution in [2.75, 3.05) is 27.2 Å². The minimum atomic E-state index is -0.218. The first-order valence-electron chi connectivity index (χ1n) is 7.48. The molecule has 0 saturated carbocycles. The Morgan fingerprint density at radius 1 is 1.12 bits per heavy atom. The fraction of sp³-hybridized carbons (Fsp3) is 0.294. The van der Waals surface area contributed by atoms with E-state index in [1.165, 1.54) is 11.8 Å². The first kappa shape index (κ1) is 20.0. The van der Waals surface area contributed by atoms with E-state index in [0.717, 1.165) is 12.5 Å². The monoisotopic (exact) mass is 442 g/mol. The molecule has 0 radical (unpaired) electrons. The second kappa shape index (κ2) is 10.7. The number of carbonyl (C=O) groups is 1. The van der Waals surface area contributed by atoms with E-state index in [1.54, 1.807) is 19.2 Å². The van der Waals surface area contributed by atoms with E-state index in [4.69, 9.17) is 4.42 Å². The molecule has 0 fully saturated rings. The Kier molecular flexibility index (Phi) is 8.92. The molecule has 130 valence electrons. The number of guanidine groups is 1. The topological polar surface area (TPSA) is 69.9 Å². The maximum atomic E-state index is 11.7. The Balaban J connectivity index is 0.00000288. The fourth-order valence-corrected chi connectivity index (χ4v) is 2.16. The molecule has 1 aromatic heterocycles. The van der Waals surface area contributed by atoms with Gasteiger partial charge < -0.3 is 20.0 Å². The smallest absolute Gasteiger partial charge is 0.287 e. The summed E-state index contributed by atoms with van der Waals surface area (Å²) in [6, 6.07) is 13.5. The van der Waals surface area contributed by atoms with Gasteiger partial charge in [-0.3, -0.25) is 9.79 Å². The largest absolute Gasteiger partial charge is 0.459 e. The molecule has 0 aliphatic heterocycles. The van der Waals surface area contributed by atoms with Crippen molar-refractivity contribution in [1.82, 2.24) is 15.5 Å². The molecule has 0 aliphatic carbocycles. The summed E-state index contributed by atoms with van der Waals surface area (Å²) in [5.41, 5.74) is 1.21. The number of nitrogens with one attached hydrogen (secondary N) is 2. The quantitative estimate of drug-likeness (QED) is 0.312. The zero-order chi connectivity index (χ0) is 16.5. The first-order valence-corrected chi connectivity index (χ1v) is 7.48. The van der Waals surface area contributed by atoms with Crippen LogP contribution in [0.15, 0.2) is 58.1 Å². The molecule has 2 aromatic rings. The highest BCUT2D eigenvalue weighted by Gasteiger charge is 2.08. The maximum absolute atomic E-state index is 11.7. The lowest BCUT2D eigenvalue weighted by Crippen LogP contribution is -2.42. The van der Waals surface area contributed by atoms with Gasteiger partial charge in [0.1, 0.15) is 0 Å². The third kappa shape index (κ3) is 6.23. The van der Waals surface area contributed by atoms with Gasteiger partial charge in [0, 0.05) is 33.7 Å². The highest BCUT2D eigenvalue weighted by molar-refractivity contribution is 14.0. The van der Waals surface area contributed by atoms with Crippen LogP contribution in [0.2, 0.25) is 0 Å². The van der Waals surface area contributed by atoms with Crippen molar-refractivity contribution in [2.45, 2.75) is 6.54 Å². The summed E-state index contributed by atoms with van der Waals surface area (Å²) in [6.07, 6.45) is 1.48. The molecule has 0 spiro atoms. The fourth-order valence-electron chi connectivity index (χ4n) is 2.16. The number of amides is 1. The van der Waals surface area contributed by atoms with Crippen molar-refractivity contribution in [3.63, 3.8) is 0 Å². The van der Waals surface area contributed by atoms with Crippen LogP contribution in [-0.4, -0.2) is 44.0 Å². The Labute approximate surface area is 159 Å². The lowest BCUT2D eigenvalue weighted by atomic mass is 10.2. The Bertz CT molecular complexity index is 629.